The number of hydrogen-bond donors (Lipinski definition) is 0. The van der Waals surface area contributed by atoms with E-state index in [-0.39, 0.29) is 5.82 Å². The molecule has 1 aromatic carbocycles. The molecule has 0 unspecified atom stereocenters. The molecule has 0 aromatic heterocycles. The number of benzene rings is 1. The van der Waals surface area contributed by atoms with Gasteiger partial charge in [-0.2, -0.15) is 0 Å². The number of hydrogen-bond acceptors (Lipinski definition) is 2. The number of ether oxygens (including phenoxy) is 2. The molecule has 3 heteroatoms. The normalized spacial score (nSPS) is 11.4. The van der Waals surface area contributed by atoms with Gasteiger partial charge in [0, 0.05) is 19.8 Å². The van der Waals surface area contributed by atoms with Gasteiger partial charge in [-0.25, -0.2) is 4.39 Å². The van der Waals surface area contributed by atoms with E-state index in [1.54, 1.807) is 12.1 Å². The van der Waals surface area contributed by atoms with E-state index in [1.807, 2.05) is 6.07 Å². The molecule has 0 heterocycles. The third kappa shape index (κ3) is 15.8. The van der Waals surface area contributed by atoms with Gasteiger partial charge in [-0.15, -0.1) is 0 Å². The first-order valence-corrected chi connectivity index (χ1v) is 11.1. The molecular weight excluding hydrogens is 339 g/mol. The summed E-state index contributed by atoms with van der Waals surface area (Å²) in [5, 5.41) is 0. The summed E-state index contributed by atoms with van der Waals surface area (Å²) in [7, 11) is 0. The molecule has 1 aromatic rings. The van der Waals surface area contributed by atoms with Crippen LogP contribution in [-0.2, 0) is 15.9 Å². The van der Waals surface area contributed by atoms with E-state index in [1.165, 1.54) is 70.3 Å². The van der Waals surface area contributed by atoms with Crippen molar-refractivity contribution >= 4 is 0 Å². The van der Waals surface area contributed by atoms with Gasteiger partial charge >= 0.3 is 0 Å². The lowest BCUT2D eigenvalue weighted by molar-refractivity contribution is 0.0507. The van der Waals surface area contributed by atoms with Crippen molar-refractivity contribution in [3.63, 3.8) is 0 Å². The fourth-order valence-electron chi connectivity index (χ4n) is 3.22. The van der Waals surface area contributed by atoms with E-state index >= 15 is 0 Å². The molecule has 0 radical (unpaired) electrons. The first-order valence-electron chi connectivity index (χ1n) is 11.1. The van der Waals surface area contributed by atoms with Crippen LogP contribution in [0.5, 0.6) is 0 Å². The monoisotopic (exact) mass is 380 g/mol. The molecule has 0 aliphatic carbocycles. The average Bonchev–Trinajstić information content (AvgIpc) is 2.64. The van der Waals surface area contributed by atoms with Crippen molar-refractivity contribution in [2.45, 2.75) is 97.0 Å². The second-order valence-corrected chi connectivity index (χ2v) is 7.80. The summed E-state index contributed by atoms with van der Waals surface area (Å²) in [6.07, 6.45) is 15.3. The molecule has 27 heavy (non-hydrogen) atoms. The number of unbranched alkanes of at least 4 members (excludes halogenated alkanes) is 9. The molecule has 0 N–H and O–H groups in total. The Bertz CT molecular complexity index is 448. The molecule has 0 amide bonds. The van der Waals surface area contributed by atoms with Crippen LogP contribution in [0.15, 0.2) is 24.3 Å². The van der Waals surface area contributed by atoms with Gasteiger partial charge in [0.2, 0.25) is 0 Å². The van der Waals surface area contributed by atoms with E-state index in [9.17, 15) is 4.39 Å². The molecule has 0 spiro atoms. The van der Waals surface area contributed by atoms with Crippen LogP contribution in [0, 0.1) is 5.82 Å². The van der Waals surface area contributed by atoms with Gasteiger partial charge < -0.3 is 9.47 Å². The van der Waals surface area contributed by atoms with Crippen LogP contribution in [0.25, 0.3) is 0 Å². The molecule has 1 rings (SSSR count). The predicted molar refractivity (Wildman–Crippen MR) is 113 cm³/mol. The largest absolute Gasteiger partial charge is 0.381 e. The summed E-state index contributed by atoms with van der Waals surface area (Å²) in [4.78, 5) is 0. The minimum absolute atomic E-state index is 0.115. The molecule has 0 saturated heterocycles. The molecule has 0 bridgehead atoms. The highest BCUT2D eigenvalue weighted by Crippen LogP contribution is 2.13. The average molecular weight is 381 g/mol. The molecule has 0 aliphatic heterocycles. The van der Waals surface area contributed by atoms with E-state index < -0.39 is 0 Å². The zero-order valence-corrected chi connectivity index (χ0v) is 17.7. The van der Waals surface area contributed by atoms with Gasteiger partial charge in [-0.3, -0.25) is 0 Å². The van der Waals surface area contributed by atoms with Crippen molar-refractivity contribution in [3.05, 3.63) is 35.6 Å². The Morgan fingerprint density at radius 1 is 0.741 bits per heavy atom. The van der Waals surface area contributed by atoms with Crippen molar-refractivity contribution in [1.29, 1.82) is 0 Å². The molecule has 0 atom stereocenters. The highest BCUT2D eigenvalue weighted by Gasteiger charge is 1.97. The summed E-state index contributed by atoms with van der Waals surface area (Å²) in [6.45, 7) is 6.66. The van der Waals surface area contributed by atoms with Crippen LogP contribution < -0.4 is 0 Å². The number of rotatable bonds is 18. The van der Waals surface area contributed by atoms with Crippen molar-refractivity contribution in [2.75, 3.05) is 19.8 Å². The smallest absolute Gasteiger partial charge is 0.123 e. The zero-order chi connectivity index (χ0) is 19.6. The Labute approximate surface area is 166 Å². The topological polar surface area (TPSA) is 18.5 Å². The van der Waals surface area contributed by atoms with Gasteiger partial charge in [-0.1, -0.05) is 63.5 Å². The second-order valence-electron chi connectivity index (χ2n) is 7.80. The maximum absolute atomic E-state index is 13.1. The lowest BCUT2D eigenvalue weighted by atomic mass is 10.0. The van der Waals surface area contributed by atoms with E-state index in [0.717, 1.165) is 38.2 Å². The van der Waals surface area contributed by atoms with Crippen LogP contribution in [-0.4, -0.2) is 25.9 Å². The molecule has 2 nitrogen and oxygen atoms in total. The van der Waals surface area contributed by atoms with Gasteiger partial charge in [-0.05, 0) is 57.2 Å². The Morgan fingerprint density at radius 3 is 1.96 bits per heavy atom. The summed E-state index contributed by atoms with van der Waals surface area (Å²) >= 11 is 0. The fraction of sp³-hybridized carbons (Fsp3) is 0.750. The lowest BCUT2D eigenvalue weighted by Crippen LogP contribution is -2.07. The maximum atomic E-state index is 13.1. The van der Waals surface area contributed by atoms with Crippen molar-refractivity contribution in [2.24, 2.45) is 0 Å². The quantitative estimate of drug-likeness (QED) is 0.253. The second kappa shape index (κ2) is 17.2. The Kier molecular flexibility index (Phi) is 15.3. The molecule has 0 saturated carbocycles. The Morgan fingerprint density at radius 2 is 1.33 bits per heavy atom. The van der Waals surface area contributed by atoms with Gasteiger partial charge in [0.25, 0.3) is 0 Å². The van der Waals surface area contributed by atoms with E-state index in [0.29, 0.717) is 6.10 Å². The number of aryl methyl sites for hydroxylation is 1. The molecular formula is C24H41FO2. The van der Waals surface area contributed by atoms with Crippen LogP contribution in [0.3, 0.4) is 0 Å². The SMILES string of the molecule is CC(C)OCCCOCCCCCCCCCCCCc1cccc(F)c1. The third-order valence-corrected chi connectivity index (χ3v) is 4.78. The van der Waals surface area contributed by atoms with Crippen molar-refractivity contribution in [1.82, 2.24) is 0 Å². The van der Waals surface area contributed by atoms with Crippen LogP contribution in [0.2, 0.25) is 0 Å². The predicted octanol–water partition coefficient (Wildman–Crippen LogP) is 7.10. The minimum atomic E-state index is -0.115. The summed E-state index contributed by atoms with van der Waals surface area (Å²) in [5.41, 5.74) is 1.13. The number of halogens is 1. The standard InChI is InChI=1S/C24H41FO2/c1-22(2)27-20-14-19-26-18-12-10-8-6-4-3-5-7-9-11-15-23-16-13-17-24(25)21-23/h13,16-17,21-22H,3-12,14-15,18-20H2,1-2H3. The highest BCUT2D eigenvalue weighted by molar-refractivity contribution is 5.16. The first-order chi connectivity index (χ1) is 13.2. The maximum Gasteiger partial charge on any atom is 0.123 e. The van der Waals surface area contributed by atoms with Gasteiger partial charge in [0.05, 0.1) is 6.10 Å². The van der Waals surface area contributed by atoms with Gasteiger partial charge in [0.1, 0.15) is 5.82 Å². The fourth-order valence-corrected chi connectivity index (χ4v) is 3.22. The lowest BCUT2D eigenvalue weighted by Gasteiger charge is -2.07. The van der Waals surface area contributed by atoms with E-state index in [4.69, 9.17) is 9.47 Å². The van der Waals surface area contributed by atoms with Crippen molar-refractivity contribution in [3.8, 4) is 0 Å². The third-order valence-electron chi connectivity index (χ3n) is 4.78. The highest BCUT2D eigenvalue weighted by atomic mass is 19.1. The van der Waals surface area contributed by atoms with Crippen LogP contribution in [0.1, 0.15) is 90.0 Å². The van der Waals surface area contributed by atoms with Crippen LogP contribution in [0.4, 0.5) is 4.39 Å². The van der Waals surface area contributed by atoms with Gasteiger partial charge in [0.15, 0.2) is 0 Å². The Hall–Kier alpha value is -0.930. The summed E-state index contributed by atoms with van der Waals surface area (Å²) in [5.74, 6) is -0.115. The summed E-state index contributed by atoms with van der Waals surface area (Å²) in [6, 6.07) is 7.00. The summed E-state index contributed by atoms with van der Waals surface area (Å²) < 4.78 is 24.2. The Balaban J connectivity index is 1.73. The molecule has 0 fully saturated rings. The van der Waals surface area contributed by atoms with Crippen molar-refractivity contribution < 1.29 is 13.9 Å². The molecule has 0 aliphatic rings. The van der Waals surface area contributed by atoms with E-state index in [2.05, 4.69) is 13.8 Å². The zero-order valence-electron chi connectivity index (χ0n) is 17.7. The minimum Gasteiger partial charge on any atom is -0.381 e. The first kappa shape index (κ1) is 24.1. The molecule has 156 valence electrons. The van der Waals surface area contributed by atoms with Crippen LogP contribution >= 0.6 is 0 Å².